The lowest BCUT2D eigenvalue weighted by molar-refractivity contribution is -0.150. The fourth-order valence-corrected chi connectivity index (χ4v) is 4.29. The summed E-state index contributed by atoms with van der Waals surface area (Å²) in [6, 6.07) is 8.88. The highest BCUT2D eigenvalue weighted by Crippen LogP contribution is 2.15. The number of rotatable bonds is 18. The molecule has 1 rings (SSSR count). The smallest absolute Gasteiger partial charge is 0.321 e. The number of sulfone groups is 1. The van der Waals surface area contributed by atoms with Gasteiger partial charge in [-0.3, -0.25) is 9.59 Å². The van der Waals surface area contributed by atoms with Crippen LogP contribution in [0.4, 0.5) is 0 Å². The van der Waals surface area contributed by atoms with E-state index in [2.05, 4.69) is 6.92 Å². The second kappa shape index (κ2) is 16.5. The summed E-state index contributed by atoms with van der Waals surface area (Å²) in [4.78, 5) is 23.2. The van der Waals surface area contributed by atoms with Crippen molar-refractivity contribution in [1.82, 2.24) is 0 Å². The molecule has 1 aromatic rings. The van der Waals surface area contributed by atoms with E-state index in [1.807, 2.05) is 6.07 Å². The van der Waals surface area contributed by atoms with E-state index < -0.39 is 33.6 Å². The summed E-state index contributed by atoms with van der Waals surface area (Å²) in [7, 11) is -3.80. The van der Waals surface area contributed by atoms with Crippen molar-refractivity contribution in [3.63, 3.8) is 0 Å². The lowest BCUT2D eigenvalue weighted by Crippen LogP contribution is -2.25. The number of esters is 1. The molecule has 0 saturated carbocycles. The average molecular weight is 467 g/mol. The highest BCUT2D eigenvalue weighted by Gasteiger charge is 2.21. The number of carboxylic acids is 1. The molecule has 1 aromatic carbocycles. The molecule has 0 amide bonds. The predicted octanol–water partition coefficient (Wildman–Crippen LogP) is 5.77. The second-order valence-electron chi connectivity index (χ2n) is 8.20. The number of carbonyl (C=O) groups excluding carboxylic acids is 1. The second-order valence-corrected chi connectivity index (χ2v) is 10.1. The van der Waals surface area contributed by atoms with Gasteiger partial charge in [0.25, 0.3) is 0 Å². The zero-order valence-electron chi connectivity index (χ0n) is 19.2. The van der Waals surface area contributed by atoms with Crippen molar-refractivity contribution in [3.8, 4) is 0 Å². The first-order chi connectivity index (χ1) is 15.3. The van der Waals surface area contributed by atoms with Crippen LogP contribution < -0.4 is 0 Å². The zero-order chi connectivity index (χ0) is 23.7. The van der Waals surface area contributed by atoms with Crippen LogP contribution in [0.1, 0.15) is 89.5 Å². The average Bonchev–Trinajstić information content (AvgIpc) is 2.73. The lowest BCUT2D eigenvalue weighted by Gasteiger charge is -2.16. The van der Waals surface area contributed by atoms with Gasteiger partial charge in [0.15, 0.2) is 15.6 Å². The SMILES string of the molecule is CCCCCCCCCCCCC(CC(=O)O)OC(=O)CS(=O)(=O)C=Cc1ccccc1. The van der Waals surface area contributed by atoms with E-state index in [1.54, 1.807) is 24.3 Å². The largest absolute Gasteiger partial charge is 0.481 e. The minimum atomic E-state index is -3.80. The van der Waals surface area contributed by atoms with E-state index in [0.717, 1.165) is 31.1 Å². The van der Waals surface area contributed by atoms with Crippen LogP contribution in [0.3, 0.4) is 0 Å². The molecule has 7 heteroatoms. The summed E-state index contributed by atoms with van der Waals surface area (Å²) in [6.07, 6.45) is 12.3. The van der Waals surface area contributed by atoms with E-state index in [0.29, 0.717) is 12.0 Å². The molecule has 0 saturated heterocycles. The van der Waals surface area contributed by atoms with Gasteiger partial charge in [-0.2, -0.15) is 0 Å². The molecule has 180 valence electrons. The van der Waals surface area contributed by atoms with Gasteiger partial charge < -0.3 is 9.84 Å². The Kier molecular flexibility index (Phi) is 14.4. The molecule has 1 unspecified atom stereocenters. The number of hydrogen-bond acceptors (Lipinski definition) is 5. The highest BCUT2D eigenvalue weighted by molar-refractivity contribution is 7.95. The van der Waals surface area contributed by atoms with Gasteiger partial charge in [-0.05, 0) is 24.5 Å². The monoisotopic (exact) mass is 466 g/mol. The van der Waals surface area contributed by atoms with Crippen molar-refractivity contribution < 1.29 is 27.9 Å². The normalized spacial score (nSPS) is 12.7. The molecule has 6 nitrogen and oxygen atoms in total. The Labute approximate surface area is 193 Å². The number of carbonyl (C=O) groups is 2. The molecular weight excluding hydrogens is 428 g/mol. The van der Waals surface area contributed by atoms with Crippen molar-refractivity contribution in [2.45, 2.75) is 90.1 Å². The molecule has 0 aromatic heterocycles. The molecule has 1 N–H and O–H groups in total. The Morgan fingerprint density at radius 3 is 2.06 bits per heavy atom. The highest BCUT2D eigenvalue weighted by atomic mass is 32.2. The summed E-state index contributed by atoms with van der Waals surface area (Å²) in [5.74, 6) is -2.78. The fourth-order valence-electron chi connectivity index (χ4n) is 3.44. The summed E-state index contributed by atoms with van der Waals surface area (Å²) in [5.41, 5.74) is 0.703. The van der Waals surface area contributed by atoms with Crippen LogP contribution >= 0.6 is 0 Å². The molecule has 0 aliphatic carbocycles. The Balaban J connectivity index is 2.35. The molecule has 0 fully saturated rings. The van der Waals surface area contributed by atoms with E-state index >= 15 is 0 Å². The zero-order valence-corrected chi connectivity index (χ0v) is 20.0. The van der Waals surface area contributed by atoms with Gasteiger partial charge in [-0.25, -0.2) is 8.42 Å². The van der Waals surface area contributed by atoms with Gasteiger partial charge in [0, 0.05) is 5.41 Å². The maximum absolute atomic E-state index is 12.2. The van der Waals surface area contributed by atoms with Crippen LogP contribution in [0.25, 0.3) is 6.08 Å². The van der Waals surface area contributed by atoms with Crippen LogP contribution in [0, 0.1) is 0 Å². The summed E-state index contributed by atoms with van der Waals surface area (Å²) in [5, 5.41) is 10.1. The first kappa shape index (κ1) is 27.9. The van der Waals surface area contributed by atoms with Gasteiger partial charge in [0.1, 0.15) is 6.10 Å². The number of hydrogen-bond donors (Lipinski definition) is 1. The Hall–Kier alpha value is -2.15. The standard InChI is InChI=1S/C25H38O6S/c1-2-3-4-5-6-7-8-9-10-14-17-23(20-24(26)27)31-25(28)21-32(29,30)19-18-22-15-12-11-13-16-22/h11-13,15-16,18-19,23H,2-10,14,17,20-21H2,1H3,(H,26,27). The Bertz CT molecular complexity index is 786. The molecule has 0 aliphatic heterocycles. The van der Waals surface area contributed by atoms with Crippen molar-refractivity contribution in [2.24, 2.45) is 0 Å². The van der Waals surface area contributed by atoms with Crippen LogP contribution in [-0.4, -0.2) is 37.3 Å². The number of unbranched alkanes of at least 4 members (excludes halogenated alkanes) is 9. The molecule has 1 atom stereocenters. The van der Waals surface area contributed by atoms with E-state index in [9.17, 15) is 18.0 Å². The summed E-state index contributed by atoms with van der Waals surface area (Å²) < 4.78 is 29.5. The van der Waals surface area contributed by atoms with E-state index in [4.69, 9.17) is 9.84 Å². The lowest BCUT2D eigenvalue weighted by atomic mass is 10.0. The van der Waals surface area contributed by atoms with Gasteiger partial charge in [0.2, 0.25) is 0 Å². The third kappa shape index (κ3) is 14.8. The number of carboxylic acid groups (broad SMARTS) is 1. The van der Waals surface area contributed by atoms with Gasteiger partial charge >= 0.3 is 11.9 Å². The van der Waals surface area contributed by atoms with Gasteiger partial charge in [-0.1, -0.05) is 95.0 Å². The molecule has 0 aliphatic rings. The fraction of sp³-hybridized carbons (Fsp3) is 0.600. The third-order valence-corrected chi connectivity index (χ3v) is 6.36. The van der Waals surface area contributed by atoms with Crippen molar-refractivity contribution in [2.75, 3.05) is 5.75 Å². The Morgan fingerprint density at radius 2 is 1.50 bits per heavy atom. The minimum absolute atomic E-state index is 0.316. The van der Waals surface area contributed by atoms with Crippen LogP contribution in [-0.2, 0) is 24.2 Å². The van der Waals surface area contributed by atoms with E-state index in [1.165, 1.54) is 44.6 Å². The number of ether oxygens (including phenoxy) is 1. The summed E-state index contributed by atoms with van der Waals surface area (Å²) >= 11 is 0. The predicted molar refractivity (Wildman–Crippen MR) is 128 cm³/mol. The van der Waals surface area contributed by atoms with Gasteiger partial charge in [-0.15, -0.1) is 0 Å². The first-order valence-corrected chi connectivity index (χ1v) is 13.4. The molecule has 32 heavy (non-hydrogen) atoms. The van der Waals surface area contributed by atoms with Crippen LogP contribution in [0.5, 0.6) is 0 Å². The number of aliphatic carboxylic acids is 1. The number of benzene rings is 1. The molecule has 0 spiro atoms. The van der Waals surface area contributed by atoms with Crippen LogP contribution in [0.15, 0.2) is 35.7 Å². The minimum Gasteiger partial charge on any atom is -0.481 e. The third-order valence-electron chi connectivity index (χ3n) is 5.17. The molecule has 0 bridgehead atoms. The first-order valence-electron chi connectivity index (χ1n) is 11.7. The van der Waals surface area contributed by atoms with Crippen molar-refractivity contribution in [3.05, 3.63) is 41.3 Å². The molecule has 0 heterocycles. The summed E-state index contributed by atoms with van der Waals surface area (Å²) in [6.45, 7) is 2.21. The van der Waals surface area contributed by atoms with Crippen molar-refractivity contribution >= 4 is 27.9 Å². The molecular formula is C25H38O6S. The van der Waals surface area contributed by atoms with E-state index in [-0.39, 0.29) is 6.42 Å². The van der Waals surface area contributed by atoms with Gasteiger partial charge in [0.05, 0.1) is 6.42 Å². The van der Waals surface area contributed by atoms with Crippen LogP contribution in [0.2, 0.25) is 0 Å². The maximum atomic E-state index is 12.2. The topological polar surface area (TPSA) is 97.7 Å². The Morgan fingerprint density at radius 1 is 0.938 bits per heavy atom. The quantitative estimate of drug-likeness (QED) is 0.218. The van der Waals surface area contributed by atoms with Crippen molar-refractivity contribution in [1.29, 1.82) is 0 Å². The maximum Gasteiger partial charge on any atom is 0.321 e. The molecule has 0 radical (unpaired) electrons.